The van der Waals surface area contributed by atoms with E-state index in [-0.39, 0.29) is 17.6 Å². The molecule has 9 nitrogen and oxygen atoms in total. The number of nitrogens with zero attached hydrogens (tertiary/aromatic N) is 2. The molecule has 2 aromatic rings. The summed E-state index contributed by atoms with van der Waals surface area (Å²) in [7, 11) is 1.57. The van der Waals surface area contributed by atoms with Gasteiger partial charge in [-0.05, 0) is 12.8 Å². The van der Waals surface area contributed by atoms with E-state index < -0.39 is 17.2 Å². The Hall–Kier alpha value is -2.42. The molecule has 0 saturated carbocycles. The number of hydrogen-bond acceptors (Lipinski definition) is 5. The van der Waals surface area contributed by atoms with Crippen LogP contribution in [0.2, 0.25) is 0 Å². The Morgan fingerprint density at radius 1 is 1.32 bits per heavy atom. The number of carboxylic acid groups (broad SMARTS) is 1. The van der Waals surface area contributed by atoms with E-state index in [4.69, 9.17) is 9.84 Å². The summed E-state index contributed by atoms with van der Waals surface area (Å²) in [6.07, 6.45) is 1.43. The van der Waals surface area contributed by atoms with Crippen molar-refractivity contribution in [2.45, 2.75) is 32.2 Å². The van der Waals surface area contributed by atoms with Crippen LogP contribution in [-0.4, -0.2) is 44.3 Å². The zero-order valence-electron chi connectivity index (χ0n) is 12.2. The fraction of sp³-hybridized carbons (Fsp3) is 0.538. The number of aromatic nitrogens is 4. The van der Waals surface area contributed by atoms with E-state index >= 15 is 0 Å². The highest BCUT2D eigenvalue weighted by atomic mass is 16.5. The zero-order valence-corrected chi connectivity index (χ0v) is 12.2. The maximum atomic E-state index is 11.9. The van der Waals surface area contributed by atoms with Gasteiger partial charge < -0.3 is 14.8 Å². The number of H-pyrrole nitrogens is 2. The van der Waals surface area contributed by atoms with Gasteiger partial charge in [0.2, 0.25) is 0 Å². The van der Waals surface area contributed by atoms with Gasteiger partial charge in [0.1, 0.15) is 11.3 Å². The van der Waals surface area contributed by atoms with Crippen molar-refractivity contribution in [2.75, 3.05) is 13.7 Å². The van der Waals surface area contributed by atoms with Crippen LogP contribution in [0.5, 0.6) is 0 Å². The van der Waals surface area contributed by atoms with Crippen LogP contribution in [0, 0.1) is 0 Å². The van der Waals surface area contributed by atoms with E-state index in [1.807, 2.05) is 0 Å². The predicted octanol–water partition coefficient (Wildman–Crippen LogP) is -0.143. The van der Waals surface area contributed by atoms with E-state index in [1.165, 1.54) is 4.57 Å². The molecule has 120 valence electrons. The second-order valence-electron chi connectivity index (χ2n) is 4.89. The number of aryl methyl sites for hydroxylation is 2. The van der Waals surface area contributed by atoms with Crippen LogP contribution < -0.4 is 11.2 Å². The summed E-state index contributed by atoms with van der Waals surface area (Å²) in [6.45, 7) is 0.863. The molecule has 0 atom stereocenters. The summed E-state index contributed by atoms with van der Waals surface area (Å²) in [4.78, 5) is 43.6. The highest BCUT2D eigenvalue weighted by Crippen LogP contribution is 2.08. The molecule has 0 amide bonds. The third-order valence-electron chi connectivity index (χ3n) is 3.22. The van der Waals surface area contributed by atoms with Gasteiger partial charge in [-0.25, -0.2) is 9.78 Å². The monoisotopic (exact) mass is 310 g/mol. The lowest BCUT2D eigenvalue weighted by atomic mass is 10.2. The molecule has 2 rings (SSSR count). The first-order valence-corrected chi connectivity index (χ1v) is 6.95. The Morgan fingerprint density at radius 3 is 2.77 bits per heavy atom. The van der Waals surface area contributed by atoms with Gasteiger partial charge in [0.05, 0.1) is 0 Å². The van der Waals surface area contributed by atoms with Gasteiger partial charge in [0.25, 0.3) is 5.56 Å². The van der Waals surface area contributed by atoms with Gasteiger partial charge in [0, 0.05) is 33.1 Å². The normalized spacial score (nSPS) is 11.1. The van der Waals surface area contributed by atoms with Crippen LogP contribution in [-0.2, 0) is 22.5 Å². The third kappa shape index (κ3) is 3.61. The van der Waals surface area contributed by atoms with E-state index in [2.05, 4.69) is 15.0 Å². The molecular weight excluding hydrogens is 292 g/mol. The van der Waals surface area contributed by atoms with Crippen LogP contribution in [0.1, 0.15) is 25.1 Å². The summed E-state index contributed by atoms with van der Waals surface area (Å²) >= 11 is 0. The van der Waals surface area contributed by atoms with Crippen molar-refractivity contribution in [1.29, 1.82) is 0 Å². The average Bonchev–Trinajstić information content (AvgIpc) is 2.86. The van der Waals surface area contributed by atoms with E-state index in [0.29, 0.717) is 38.2 Å². The van der Waals surface area contributed by atoms with Crippen LogP contribution in [0.15, 0.2) is 9.59 Å². The van der Waals surface area contributed by atoms with Crippen molar-refractivity contribution < 1.29 is 14.6 Å². The molecule has 0 unspecified atom stereocenters. The number of carboxylic acids is 1. The van der Waals surface area contributed by atoms with Crippen LogP contribution in [0.25, 0.3) is 11.2 Å². The van der Waals surface area contributed by atoms with Crippen molar-refractivity contribution >= 4 is 17.1 Å². The number of hydrogen-bond donors (Lipinski definition) is 3. The summed E-state index contributed by atoms with van der Waals surface area (Å²) in [6, 6.07) is 0. The van der Waals surface area contributed by atoms with Crippen molar-refractivity contribution in [1.82, 2.24) is 19.5 Å². The molecule has 0 aliphatic heterocycles. The number of carbonyl (C=O) groups is 1. The van der Waals surface area contributed by atoms with Gasteiger partial charge in [-0.1, -0.05) is 0 Å². The minimum absolute atomic E-state index is 0.0219. The van der Waals surface area contributed by atoms with Crippen molar-refractivity contribution in [2.24, 2.45) is 0 Å². The standard InChI is InChI=1S/C13H18N4O5/c1-22-7-3-6-17-11-10(12(20)16-13(17)21)14-8(15-11)4-2-5-9(18)19/h2-7H2,1H3,(H,14,15)(H,18,19)(H,16,20,21). The number of ether oxygens (including phenoxy) is 1. The first kappa shape index (κ1) is 16.0. The molecule has 0 bridgehead atoms. The molecule has 0 aromatic carbocycles. The zero-order chi connectivity index (χ0) is 16.1. The SMILES string of the molecule is COCCCn1c(=O)[nH]c(=O)c2[nH]c(CCCC(=O)O)nc21. The number of rotatable bonds is 8. The first-order chi connectivity index (χ1) is 10.5. The number of fused-ring (bicyclic) bond motifs is 1. The molecule has 2 aromatic heterocycles. The maximum absolute atomic E-state index is 11.9. The summed E-state index contributed by atoms with van der Waals surface area (Å²) in [5, 5.41) is 8.63. The molecule has 0 radical (unpaired) electrons. The number of aromatic amines is 2. The first-order valence-electron chi connectivity index (χ1n) is 6.95. The number of aliphatic carboxylic acids is 1. The lowest BCUT2D eigenvalue weighted by Crippen LogP contribution is -2.30. The van der Waals surface area contributed by atoms with E-state index in [1.54, 1.807) is 7.11 Å². The number of methoxy groups -OCH3 is 1. The Bertz CT molecular complexity index is 773. The Morgan fingerprint density at radius 2 is 2.09 bits per heavy atom. The largest absolute Gasteiger partial charge is 0.481 e. The summed E-state index contributed by atoms with van der Waals surface area (Å²) in [5.41, 5.74) is -0.533. The number of imidazole rings is 1. The van der Waals surface area contributed by atoms with Crippen molar-refractivity contribution in [3.05, 3.63) is 26.7 Å². The summed E-state index contributed by atoms with van der Waals surface area (Å²) < 4.78 is 6.33. The Balaban J connectivity index is 2.30. The molecule has 22 heavy (non-hydrogen) atoms. The molecule has 0 aliphatic rings. The maximum Gasteiger partial charge on any atom is 0.330 e. The molecule has 3 N–H and O–H groups in total. The molecule has 9 heteroatoms. The highest BCUT2D eigenvalue weighted by Gasteiger charge is 2.13. The second kappa shape index (κ2) is 7.03. The fourth-order valence-corrected chi connectivity index (χ4v) is 2.19. The fourth-order valence-electron chi connectivity index (χ4n) is 2.19. The highest BCUT2D eigenvalue weighted by molar-refractivity contribution is 5.69. The van der Waals surface area contributed by atoms with Crippen molar-refractivity contribution in [3.63, 3.8) is 0 Å². The predicted molar refractivity (Wildman–Crippen MR) is 78.0 cm³/mol. The average molecular weight is 310 g/mol. The van der Waals surface area contributed by atoms with Gasteiger partial charge in [0.15, 0.2) is 5.65 Å². The summed E-state index contributed by atoms with van der Waals surface area (Å²) in [5.74, 6) is -0.390. The van der Waals surface area contributed by atoms with Crippen LogP contribution in [0.4, 0.5) is 0 Å². The van der Waals surface area contributed by atoms with E-state index in [9.17, 15) is 14.4 Å². The molecule has 0 spiro atoms. The van der Waals surface area contributed by atoms with Gasteiger partial charge in [-0.3, -0.25) is 19.1 Å². The molecule has 0 fully saturated rings. The third-order valence-corrected chi connectivity index (χ3v) is 3.22. The topological polar surface area (TPSA) is 130 Å². The Kier molecular flexibility index (Phi) is 5.10. The van der Waals surface area contributed by atoms with Gasteiger partial charge in [-0.15, -0.1) is 0 Å². The quantitative estimate of drug-likeness (QED) is 0.582. The Labute approximate surface area is 125 Å². The van der Waals surface area contributed by atoms with Gasteiger partial charge >= 0.3 is 11.7 Å². The lowest BCUT2D eigenvalue weighted by Gasteiger charge is -2.04. The van der Waals surface area contributed by atoms with Crippen LogP contribution in [0.3, 0.4) is 0 Å². The van der Waals surface area contributed by atoms with Crippen LogP contribution >= 0.6 is 0 Å². The van der Waals surface area contributed by atoms with E-state index in [0.717, 1.165) is 0 Å². The smallest absolute Gasteiger partial charge is 0.330 e. The van der Waals surface area contributed by atoms with Gasteiger partial charge in [-0.2, -0.15) is 0 Å². The molecule has 2 heterocycles. The molecule has 0 aliphatic carbocycles. The molecular formula is C13H18N4O5. The minimum Gasteiger partial charge on any atom is -0.481 e. The lowest BCUT2D eigenvalue weighted by molar-refractivity contribution is -0.137. The minimum atomic E-state index is -0.884. The molecule has 0 saturated heterocycles. The second-order valence-corrected chi connectivity index (χ2v) is 4.89. The van der Waals surface area contributed by atoms with Crippen molar-refractivity contribution in [3.8, 4) is 0 Å². The number of nitrogens with one attached hydrogen (secondary N) is 2.